The molecular weight excluding hydrogens is 330 g/mol. The van der Waals surface area contributed by atoms with Crippen LogP contribution in [0.3, 0.4) is 0 Å². The van der Waals surface area contributed by atoms with Crippen LogP contribution in [-0.2, 0) is 4.79 Å². The van der Waals surface area contributed by atoms with Crippen molar-refractivity contribution in [2.24, 2.45) is 5.41 Å². The predicted octanol–water partition coefficient (Wildman–Crippen LogP) is 3.32. The second kappa shape index (κ2) is 7.15. The molecule has 2 heterocycles. The molecule has 1 aliphatic rings. The summed E-state index contributed by atoms with van der Waals surface area (Å²) in [5.41, 5.74) is 2.25. The van der Waals surface area contributed by atoms with E-state index in [1.165, 1.54) is 0 Å². The fraction of sp³-hybridized carbons (Fsp3) is 0.350. The zero-order valence-electron chi connectivity index (χ0n) is 15.0. The van der Waals surface area contributed by atoms with Crippen LogP contribution in [0.4, 0.5) is 4.79 Å². The Morgan fingerprint density at radius 2 is 1.96 bits per heavy atom. The zero-order valence-corrected chi connectivity index (χ0v) is 15.0. The summed E-state index contributed by atoms with van der Waals surface area (Å²) in [5.74, 6) is -0.855. The van der Waals surface area contributed by atoms with Gasteiger partial charge in [0.2, 0.25) is 0 Å². The molecule has 0 aliphatic carbocycles. The van der Waals surface area contributed by atoms with Crippen LogP contribution in [-0.4, -0.2) is 40.1 Å². The number of likely N-dealkylation sites (tertiary alicyclic amines) is 1. The molecule has 2 aromatic rings. The molecule has 136 valence electrons. The average molecular weight is 353 g/mol. The summed E-state index contributed by atoms with van der Waals surface area (Å²) in [4.78, 5) is 29.5. The first-order chi connectivity index (χ1) is 12.4. The lowest BCUT2D eigenvalue weighted by molar-refractivity contribution is -0.147. The number of urea groups is 1. The van der Waals surface area contributed by atoms with Crippen molar-refractivity contribution in [3.8, 4) is 11.1 Å². The summed E-state index contributed by atoms with van der Waals surface area (Å²) in [6.07, 6.45) is 4.03. The van der Waals surface area contributed by atoms with E-state index in [4.69, 9.17) is 0 Å². The number of amides is 2. The number of carboxylic acids is 1. The Labute approximate surface area is 152 Å². The summed E-state index contributed by atoms with van der Waals surface area (Å²) < 4.78 is 0. The van der Waals surface area contributed by atoms with Crippen LogP contribution in [0.1, 0.15) is 31.9 Å². The van der Waals surface area contributed by atoms with Gasteiger partial charge in [-0.2, -0.15) is 0 Å². The molecule has 0 saturated carbocycles. The first-order valence-corrected chi connectivity index (χ1v) is 8.68. The fourth-order valence-electron chi connectivity index (χ4n) is 3.17. The molecule has 3 rings (SSSR count). The maximum Gasteiger partial charge on any atom is 0.317 e. The highest BCUT2D eigenvalue weighted by atomic mass is 16.4. The van der Waals surface area contributed by atoms with Gasteiger partial charge < -0.3 is 15.3 Å². The Morgan fingerprint density at radius 1 is 1.23 bits per heavy atom. The second-order valence-corrected chi connectivity index (χ2v) is 7.07. The average Bonchev–Trinajstić information content (AvgIpc) is 3.06. The lowest BCUT2D eigenvalue weighted by Crippen LogP contribution is -2.41. The fourth-order valence-corrected chi connectivity index (χ4v) is 3.17. The number of hydrogen-bond acceptors (Lipinski definition) is 3. The van der Waals surface area contributed by atoms with Gasteiger partial charge in [0.25, 0.3) is 0 Å². The number of carbonyl (C=O) groups is 2. The third-order valence-electron chi connectivity index (χ3n) is 5.02. The lowest BCUT2D eigenvalue weighted by atomic mass is 9.90. The molecule has 2 amide bonds. The highest BCUT2D eigenvalue weighted by Crippen LogP contribution is 2.30. The van der Waals surface area contributed by atoms with Crippen molar-refractivity contribution in [1.82, 2.24) is 15.2 Å². The predicted molar refractivity (Wildman–Crippen MR) is 98.6 cm³/mol. The number of hydrogen-bond donors (Lipinski definition) is 2. The monoisotopic (exact) mass is 353 g/mol. The molecule has 6 heteroatoms. The molecule has 2 unspecified atom stereocenters. The zero-order chi connectivity index (χ0) is 18.7. The summed E-state index contributed by atoms with van der Waals surface area (Å²) in [5, 5.41) is 12.2. The molecule has 1 aromatic heterocycles. The van der Waals surface area contributed by atoms with Gasteiger partial charge in [-0.25, -0.2) is 4.79 Å². The first-order valence-electron chi connectivity index (χ1n) is 8.68. The van der Waals surface area contributed by atoms with Crippen LogP contribution >= 0.6 is 0 Å². The van der Waals surface area contributed by atoms with Gasteiger partial charge in [0.05, 0.1) is 11.5 Å². The molecule has 2 N–H and O–H groups in total. The number of nitrogens with one attached hydrogen (secondary N) is 1. The number of carbonyl (C=O) groups excluding carboxylic acids is 1. The van der Waals surface area contributed by atoms with E-state index in [2.05, 4.69) is 10.3 Å². The summed E-state index contributed by atoms with van der Waals surface area (Å²) in [7, 11) is 0. The van der Waals surface area contributed by atoms with Gasteiger partial charge >= 0.3 is 12.0 Å². The summed E-state index contributed by atoms with van der Waals surface area (Å²) in [6, 6.07) is 11.5. The number of pyridine rings is 1. The smallest absolute Gasteiger partial charge is 0.317 e. The van der Waals surface area contributed by atoms with Crippen LogP contribution in [0.25, 0.3) is 11.1 Å². The molecule has 26 heavy (non-hydrogen) atoms. The molecule has 0 bridgehead atoms. The molecule has 6 nitrogen and oxygen atoms in total. The minimum absolute atomic E-state index is 0.165. The number of aliphatic carboxylic acids is 1. The topological polar surface area (TPSA) is 82.5 Å². The van der Waals surface area contributed by atoms with E-state index < -0.39 is 11.4 Å². The van der Waals surface area contributed by atoms with E-state index >= 15 is 0 Å². The molecule has 1 fully saturated rings. The van der Waals surface area contributed by atoms with Gasteiger partial charge in [-0.05, 0) is 43.0 Å². The Balaban J connectivity index is 1.62. The van der Waals surface area contributed by atoms with Crippen molar-refractivity contribution in [1.29, 1.82) is 0 Å². The third kappa shape index (κ3) is 3.69. The van der Waals surface area contributed by atoms with Gasteiger partial charge in [0, 0.05) is 25.5 Å². The number of carboxylic acid groups (broad SMARTS) is 1. The molecule has 2 atom stereocenters. The molecule has 0 radical (unpaired) electrons. The molecule has 1 saturated heterocycles. The molecule has 1 aliphatic heterocycles. The van der Waals surface area contributed by atoms with Gasteiger partial charge in [-0.15, -0.1) is 0 Å². The minimum Gasteiger partial charge on any atom is -0.481 e. The van der Waals surface area contributed by atoms with Crippen molar-refractivity contribution in [3.05, 3.63) is 54.4 Å². The van der Waals surface area contributed by atoms with Crippen molar-refractivity contribution in [2.45, 2.75) is 26.3 Å². The Morgan fingerprint density at radius 3 is 2.54 bits per heavy atom. The Hall–Kier alpha value is -2.89. The van der Waals surface area contributed by atoms with Crippen LogP contribution < -0.4 is 5.32 Å². The number of aromatic nitrogens is 1. The Bertz CT molecular complexity index is 792. The molecule has 0 spiro atoms. The van der Waals surface area contributed by atoms with Crippen molar-refractivity contribution in [2.75, 3.05) is 13.1 Å². The minimum atomic E-state index is -0.855. The van der Waals surface area contributed by atoms with Crippen LogP contribution in [0.2, 0.25) is 0 Å². The summed E-state index contributed by atoms with van der Waals surface area (Å²) >= 11 is 0. The van der Waals surface area contributed by atoms with Crippen molar-refractivity contribution >= 4 is 12.0 Å². The van der Waals surface area contributed by atoms with E-state index in [0.717, 1.165) is 16.7 Å². The highest BCUT2D eigenvalue weighted by Gasteiger charge is 2.42. The van der Waals surface area contributed by atoms with Crippen LogP contribution in [0.5, 0.6) is 0 Å². The number of nitrogens with zero attached hydrogens (tertiary/aromatic N) is 2. The largest absolute Gasteiger partial charge is 0.481 e. The standard InChI is InChI=1S/C20H23N3O3/c1-14(22-19(26)23-11-9-20(2,13-23)18(24)25)15-5-7-16(8-6-15)17-4-3-10-21-12-17/h3-8,10,12,14H,9,11,13H2,1-2H3,(H,22,26)(H,24,25). The van der Waals surface area contributed by atoms with E-state index in [-0.39, 0.29) is 18.6 Å². The number of rotatable bonds is 4. The second-order valence-electron chi connectivity index (χ2n) is 7.07. The maximum atomic E-state index is 12.4. The van der Waals surface area contributed by atoms with Crippen molar-refractivity contribution in [3.63, 3.8) is 0 Å². The highest BCUT2D eigenvalue weighted by molar-refractivity contribution is 5.79. The normalized spacial score (nSPS) is 20.6. The van der Waals surface area contributed by atoms with E-state index in [0.29, 0.717) is 13.0 Å². The molecule has 1 aromatic carbocycles. The SMILES string of the molecule is CC(NC(=O)N1CCC(C)(C(=O)O)C1)c1ccc(-c2cccnc2)cc1. The van der Waals surface area contributed by atoms with E-state index in [9.17, 15) is 14.7 Å². The quantitative estimate of drug-likeness (QED) is 0.883. The van der Waals surface area contributed by atoms with Crippen LogP contribution in [0, 0.1) is 5.41 Å². The number of benzene rings is 1. The maximum absolute atomic E-state index is 12.4. The lowest BCUT2D eigenvalue weighted by Gasteiger charge is -2.23. The third-order valence-corrected chi connectivity index (χ3v) is 5.02. The van der Waals surface area contributed by atoms with Crippen LogP contribution in [0.15, 0.2) is 48.8 Å². The van der Waals surface area contributed by atoms with E-state index in [1.54, 1.807) is 18.0 Å². The Kier molecular flexibility index (Phi) is 4.93. The van der Waals surface area contributed by atoms with Gasteiger partial charge in [-0.3, -0.25) is 9.78 Å². The van der Waals surface area contributed by atoms with Gasteiger partial charge in [0.15, 0.2) is 0 Å². The summed E-state index contributed by atoms with van der Waals surface area (Å²) in [6.45, 7) is 4.30. The van der Waals surface area contributed by atoms with E-state index in [1.807, 2.05) is 49.5 Å². The van der Waals surface area contributed by atoms with Gasteiger partial charge in [0.1, 0.15) is 0 Å². The van der Waals surface area contributed by atoms with Crippen molar-refractivity contribution < 1.29 is 14.7 Å². The molecular formula is C20H23N3O3. The first kappa shape index (κ1) is 17.9. The van der Waals surface area contributed by atoms with Gasteiger partial charge in [-0.1, -0.05) is 30.3 Å².